The number of benzene rings is 2. The van der Waals surface area contributed by atoms with Crippen molar-refractivity contribution in [3.05, 3.63) is 73.8 Å². The van der Waals surface area contributed by atoms with Crippen LogP contribution in [0, 0.1) is 13.5 Å². The fourth-order valence-corrected chi connectivity index (χ4v) is 3.02. The van der Waals surface area contributed by atoms with Crippen LogP contribution < -0.4 is 5.48 Å². The van der Waals surface area contributed by atoms with Crippen LogP contribution in [0.4, 0.5) is 5.69 Å². The van der Waals surface area contributed by atoms with E-state index in [4.69, 9.17) is 5.21 Å². The number of aromatic amines is 1. The van der Waals surface area contributed by atoms with Crippen molar-refractivity contribution in [1.29, 1.82) is 0 Å². The minimum Gasteiger partial charge on any atom is -0.358 e. The van der Waals surface area contributed by atoms with Crippen molar-refractivity contribution in [3.63, 3.8) is 0 Å². The molecule has 1 fully saturated rings. The second-order valence-corrected chi connectivity index (χ2v) is 5.70. The zero-order chi connectivity index (χ0) is 15.2. The molecule has 0 aliphatic heterocycles. The Labute approximate surface area is 158 Å². The van der Waals surface area contributed by atoms with Crippen LogP contribution in [0.15, 0.2) is 54.6 Å². The normalized spacial score (nSPS) is 13.4. The molecule has 0 atom stereocenters. The van der Waals surface area contributed by atoms with E-state index < -0.39 is 0 Å². The molecule has 0 amide bonds. The van der Waals surface area contributed by atoms with Crippen molar-refractivity contribution < 1.29 is 26.3 Å². The smallest absolute Gasteiger partial charge is 0.358 e. The maximum Gasteiger partial charge on any atom is 2.00 e. The van der Waals surface area contributed by atoms with E-state index in [-0.39, 0.29) is 28.5 Å². The van der Waals surface area contributed by atoms with Gasteiger partial charge >= 0.3 is 21.1 Å². The summed E-state index contributed by atoms with van der Waals surface area (Å²) in [7, 11) is 0. The van der Waals surface area contributed by atoms with Crippen molar-refractivity contribution in [2.75, 3.05) is 5.48 Å². The quantitative estimate of drug-likeness (QED) is 0.324. The molecule has 1 aliphatic rings. The number of nitrogens with one attached hydrogen (secondary N) is 2. The van der Waals surface area contributed by atoms with Crippen LogP contribution in [0.25, 0.3) is 10.9 Å². The second kappa shape index (κ2) is 10.3. The van der Waals surface area contributed by atoms with E-state index in [1.54, 1.807) is 0 Å². The molecule has 0 spiro atoms. The first-order valence-corrected chi connectivity index (χ1v) is 7.80. The fourth-order valence-electron chi connectivity index (χ4n) is 3.02. The van der Waals surface area contributed by atoms with Gasteiger partial charge in [-0.05, 0) is 42.3 Å². The Morgan fingerprint density at radius 1 is 1.04 bits per heavy atom. The first-order valence-electron chi connectivity index (χ1n) is 7.80. The molecule has 3 nitrogen and oxygen atoms in total. The third-order valence-corrected chi connectivity index (χ3v) is 4.17. The Balaban J connectivity index is 0.000000310. The molecule has 0 unspecified atom stereocenters. The van der Waals surface area contributed by atoms with E-state index >= 15 is 0 Å². The molecule has 0 bridgehead atoms. The van der Waals surface area contributed by atoms with Crippen molar-refractivity contribution in [2.24, 2.45) is 0 Å². The van der Waals surface area contributed by atoms with Gasteiger partial charge in [0.05, 0.1) is 5.69 Å². The summed E-state index contributed by atoms with van der Waals surface area (Å²) in [6, 6.07) is 20.6. The predicted molar refractivity (Wildman–Crippen MR) is 96.6 cm³/mol. The van der Waals surface area contributed by atoms with Crippen LogP contribution in [-0.4, -0.2) is 10.2 Å². The van der Waals surface area contributed by atoms with Crippen LogP contribution in [0.1, 0.15) is 37.3 Å². The Hall–Kier alpha value is -1.57. The van der Waals surface area contributed by atoms with E-state index in [2.05, 4.69) is 22.6 Å². The molecule has 1 aliphatic carbocycles. The monoisotopic (exact) mass is 492 g/mol. The molecule has 2 aromatic carbocycles. The first kappa shape index (κ1) is 20.5. The average molecular weight is 492 g/mol. The molecule has 4 rings (SSSR count). The van der Waals surface area contributed by atoms with Crippen LogP contribution in [0.5, 0.6) is 0 Å². The molecule has 0 radical (unpaired) electrons. The molecular weight excluding hydrogens is 468 g/mol. The minimum absolute atomic E-state index is 0. The zero-order valence-corrected chi connectivity index (χ0v) is 16.9. The maximum atomic E-state index is 8.85. The second-order valence-electron chi connectivity index (χ2n) is 5.70. The molecule has 0 saturated heterocycles. The van der Waals surface area contributed by atoms with Gasteiger partial charge in [-0.25, -0.2) is 0 Å². The van der Waals surface area contributed by atoms with Crippen molar-refractivity contribution in [3.8, 4) is 0 Å². The Morgan fingerprint density at radius 2 is 1.75 bits per heavy atom. The molecule has 4 heteroatoms. The van der Waals surface area contributed by atoms with Crippen molar-refractivity contribution >= 4 is 16.6 Å². The molecule has 3 N–H and O–H groups in total. The number of anilines is 1. The minimum atomic E-state index is 0. The Bertz CT molecular complexity index is 679. The number of hydrogen-bond acceptors (Lipinski definition) is 2. The van der Waals surface area contributed by atoms with Gasteiger partial charge in [-0.3, -0.25) is 10.7 Å². The van der Waals surface area contributed by atoms with Gasteiger partial charge < -0.3 is 12.4 Å². The van der Waals surface area contributed by atoms with Crippen LogP contribution in [0.2, 0.25) is 0 Å². The Kier molecular flexibility index (Phi) is 8.81. The predicted octanol–water partition coefficient (Wildman–Crippen LogP) is 5.56. The van der Waals surface area contributed by atoms with Gasteiger partial charge in [0.15, 0.2) is 0 Å². The number of aromatic nitrogens is 1. The first-order chi connectivity index (χ1) is 10.9. The number of fused-ring (bicyclic) bond motifs is 1. The SMILES string of the molecule is ONc1ccc2cc(C3CCCC3)[nH]c2c1.[CH3-].[W+2].[c-]1ccccc1. The van der Waals surface area contributed by atoms with Crippen LogP contribution in [-0.2, 0) is 21.1 Å². The molecule has 1 saturated carbocycles. The van der Waals surface area contributed by atoms with E-state index in [1.807, 2.05) is 48.5 Å². The summed E-state index contributed by atoms with van der Waals surface area (Å²) in [6.07, 6.45) is 5.31. The average Bonchev–Trinajstić information content (AvgIpc) is 3.25. The molecule has 24 heavy (non-hydrogen) atoms. The van der Waals surface area contributed by atoms with Gasteiger partial charge in [0.25, 0.3) is 0 Å². The van der Waals surface area contributed by atoms with Gasteiger partial charge in [0.2, 0.25) is 0 Å². The summed E-state index contributed by atoms with van der Waals surface area (Å²) >= 11 is 0. The third-order valence-electron chi connectivity index (χ3n) is 4.17. The summed E-state index contributed by atoms with van der Waals surface area (Å²) in [6.45, 7) is 0. The summed E-state index contributed by atoms with van der Waals surface area (Å²) < 4.78 is 0. The maximum absolute atomic E-state index is 8.85. The fraction of sp³-hybridized carbons (Fsp3) is 0.250. The number of hydrogen-bond donors (Lipinski definition) is 3. The van der Waals surface area contributed by atoms with Crippen molar-refractivity contribution in [1.82, 2.24) is 4.98 Å². The summed E-state index contributed by atoms with van der Waals surface area (Å²) in [4.78, 5) is 3.46. The Morgan fingerprint density at radius 3 is 2.29 bits per heavy atom. The summed E-state index contributed by atoms with van der Waals surface area (Å²) in [5.41, 5.74) is 5.35. The largest absolute Gasteiger partial charge is 2.00 e. The van der Waals surface area contributed by atoms with Crippen LogP contribution in [0.3, 0.4) is 0 Å². The van der Waals surface area contributed by atoms with Gasteiger partial charge in [0, 0.05) is 11.2 Å². The summed E-state index contributed by atoms with van der Waals surface area (Å²) in [5, 5.41) is 10.1. The van der Waals surface area contributed by atoms with Gasteiger partial charge in [-0.2, -0.15) is 36.4 Å². The number of rotatable bonds is 2. The zero-order valence-electron chi connectivity index (χ0n) is 14.0. The molecular formula is C20H24N2OW. The van der Waals surface area contributed by atoms with E-state index in [1.165, 1.54) is 36.8 Å². The molecule has 1 heterocycles. The van der Waals surface area contributed by atoms with Crippen molar-refractivity contribution in [2.45, 2.75) is 31.6 Å². The van der Waals surface area contributed by atoms with E-state index in [9.17, 15) is 0 Å². The van der Waals surface area contributed by atoms with E-state index in [0.717, 1.165) is 11.2 Å². The van der Waals surface area contributed by atoms with E-state index in [0.29, 0.717) is 5.92 Å². The van der Waals surface area contributed by atoms with Gasteiger partial charge in [-0.1, -0.05) is 18.9 Å². The third kappa shape index (κ3) is 5.22. The molecule has 1 aromatic heterocycles. The van der Waals surface area contributed by atoms with Gasteiger partial charge in [0.1, 0.15) is 0 Å². The molecule has 126 valence electrons. The van der Waals surface area contributed by atoms with Gasteiger partial charge in [-0.15, -0.1) is 0 Å². The standard InChI is InChI=1S/C13H16N2O.C6H5.CH3.W/c16-15-11-6-5-10-7-12(14-13(10)8-11)9-3-1-2-4-9;1-2-4-6-5-3-1;;/h5-9,14-16H,1-4H2;1-5H;1H3;/q;2*-1;+2. The summed E-state index contributed by atoms with van der Waals surface area (Å²) in [5.74, 6) is 0.706. The topological polar surface area (TPSA) is 48.0 Å². The number of H-pyrrole nitrogens is 1. The van der Waals surface area contributed by atoms with Crippen LogP contribution >= 0.6 is 0 Å². The molecule has 3 aromatic rings.